The zero-order valence-corrected chi connectivity index (χ0v) is 12.4. The van der Waals surface area contributed by atoms with Crippen molar-refractivity contribution in [2.75, 3.05) is 38.5 Å². The van der Waals surface area contributed by atoms with Gasteiger partial charge in [0.15, 0.2) is 0 Å². The number of nitrogens with one attached hydrogen (secondary N) is 1. The molecule has 0 aromatic carbocycles. The molecule has 1 unspecified atom stereocenters. The Bertz CT molecular complexity index is 389. The van der Waals surface area contributed by atoms with Crippen molar-refractivity contribution in [1.29, 1.82) is 0 Å². The molecule has 1 N–H and O–H groups in total. The molecule has 0 spiro atoms. The van der Waals surface area contributed by atoms with Gasteiger partial charge in [-0.3, -0.25) is 9.80 Å². The largest absolute Gasteiger partial charge is 0.373 e. The topological polar surface area (TPSA) is 31.4 Å². The number of likely N-dealkylation sites (N-methyl/N-ethyl adjacent to an activating group) is 1. The molecular weight excluding hydrogens is 236 g/mol. The number of hydrogen-bond acceptors (Lipinski definition) is 4. The Morgan fingerprint density at radius 3 is 2.89 bits per heavy atom. The second-order valence-electron chi connectivity index (χ2n) is 5.16. The van der Waals surface area contributed by atoms with Gasteiger partial charge in [-0.25, -0.2) is 4.98 Å². The number of likely N-dealkylation sites (tertiary alicyclic amines) is 1. The van der Waals surface area contributed by atoms with Crippen LogP contribution in [0.5, 0.6) is 0 Å². The van der Waals surface area contributed by atoms with Crippen molar-refractivity contribution in [3.05, 3.63) is 23.9 Å². The van der Waals surface area contributed by atoms with E-state index in [1.54, 1.807) is 0 Å². The van der Waals surface area contributed by atoms with Crippen LogP contribution in [0.4, 0.5) is 5.82 Å². The van der Waals surface area contributed by atoms with E-state index in [-0.39, 0.29) is 0 Å². The SMILES string of the molecule is CCN(CC)C1CCN(Cc2cccnc2NC)C1. The van der Waals surface area contributed by atoms with Crippen molar-refractivity contribution in [2.45, 2.75) is 32.9 Å². The van der Waals surface area contributed by atoms with Crippen LogP contribution in [0.3, 0.4) is 0 Å². The number of aromatic nitrogens is 1. The lowest BCUT2D eigenvalue weighted by Crippen LogP contribution is -2.37. The first-order valence-corrected chi connectivity index (χ1v) is 7.36. The molecule has 0 aliphatic carbocycles. The molecule has 1 aromatic heterocycles. The maximum absolute atomic E-state index is 4.38. The fourth-order valence-corrected chi connectivity index (χ4v) is 3.03. The molecule has 0 saturated carbocycles. The average Bonchev–Trinajstić information content (AvgIpc) is 2.89. The van der Waals surface area contributed by atoms with Gasteiger partial charge in [-0.05, 0) is 25.6 Å². The predicted octanol–water partition coefficient (Wildman–Crippen LogP) is 2.04. The first kappa shape index (κ1) is 14.3. The molecule has 1 aliphatic rings. The Labute approximate surface area is 116 Å². The molecule has 1 aliphatic heterocycles. The van der Waals surface area contributed by atoms with Crippen LogP contribution in [0.1, 0.15) is 25.8 Å². The van der Waals surface area contributed by atoms with Gasteiger partial charge in [0.1, 0.15) is 5.82 Å². The van der Waals surface area contributed by atoms with E-state index in [0.717, 1.165) is 31.5 Å². The molecule has 19 heavy (non-hydrogen) atoms. The highest BCUT2D eigenvalue weighted by molar-refractivity contribution is 5.42. The van der Waals surface area contributed by atoms with E-state index in [2.05, 4.69) is 40.0 Å². The summed E-state index contributed by atoms with van der Waals surface area (Å²) in [5.41, 5.74) is 1.30. The average molecular weight is 262 g/mol. The Morgan fingerprint density at radius 1 is 1.42 bits per heavy atom. The summed E-state index contributed by atoms with van der Waals surface area (Å²) in [7, 11) is 1.94. The number of anilines is 1. The summed E-state index contributed by atoms with van der Waals surface area (Å²) in [6.45, 7) is 10.2. The Morgan fingerprint density at radius 2 is 2.21 bits per heavy atom. The van der Waals surface area contributed by atoms with Gasteiger partial charge in [-0.1, -0.05) is 19.9 Å². The van der Waals surface area contributed by atoms with Crippen LogP contribution in [-0.4, -0.2) is 54.1 Å². The second kappa shape index (κ2) is 6.87. The van der Waals surface area contributed by atoms with Crippen molar-refractivity contribution in [3.63, 3.8) is 0 Å². The van der Waals surface area contributed by atoms with E-state index in [1.807, 2.05) is 19.3 Å². The van der Waals surface area contributed by atoms with E-state index < -0.39 is 0 Å². The van der Waals surface area contributed by atoms with Crippen molar-refractivity contribution in [3.8, 4) is 0 Å². The number of rotatable bonds is 6. The fourth-order valence-electron chi connectivity index (χ4n) is 3.03. The maximum Gasteiger partial charge on any atom is 0.130 e. The molecule has 4 nitrogen and oxygen atoms in total. The molecule has 0 radical (unpaired) electrons. The van der Waals surface area contributed by atoms with Crippen LogP contribution >= 0.6 is 0 Å². The fraction of sp³-hybridized carbons (Fsp3) is 0.667. The van der Waals surface area contributed by atoms with Crippen molar-refractivity contribution >= 4 is 5.82 Å². The van der Waals surface area contributed by atoms with Gasteiger partial charge in [-0.2, -0.15) is 0 Å². The highest BCUT2D eigenvalue weighted by Gasteiger charge is 2.26. The van der Waals surface area contributed by atoms with Crippen LogP contribution in [0.15, 0.2) is 18.3 Å². The molecule has 2 rings (SSSR count). The van der Waals surface area contributed by atoms with Gasteiger partial charge in [0.2, 0.25) is 0 Å². The Balaban J connectivity index is 1.94. The van der Waals surface area contributed by atoms with Crippen LogP contribution < -0.4 is 5.32 Å². The summed E-state index contributed by atoms with van der Waals surface area (Å²) in [4.78, 5) is 9.49. The van der Waals surface area contributed by atoms with Crippen LogP contribution in [0.2, 0.25) is 0 Å². The normalized spacial score (nSPS) is 20.1. The third kappa shape index (κ3) is 3.45. The monoisotopic (exact) mass is 262 g/mol. The minimum Gasteiger partial charge on any atom is -0.373 e. The molecule has 1 atom stereocenters. The summed E-state index contributed by atoms with van der Waals surface area (Å²) in [6.07, 6.45) is 3.13. The van der Waals surface area contributed by atoms with Crippen molar-refractivity contribution < 1.29 is 0 Å². The quantitative estimate of drug-likeness (QED) is 0.850. The standard InChI is InChI=1S/C15H26N4/c1-4-19(5-2)14-8-10-18(12-14)11-13-7-6-9-17-15(13)16-3/h6-7,9,14H,4-5,8,10-12H2,1-3H3,(H,16,17). The number of hydrogen-bond donors (Lipinski definition) is 1. The first-order chi connectivity index (χ1) is 9.28. The summed E-state index contributed by atoms with van der Waals surface area (Å²) >= 11 is 0. The molecular formula is C15H26N4. The van der Waals surface area contributed by atoms with Gasteiger partial charge in [0.05, 0.1) is 0 Å². The maximum atomic E-state index is 4.38. The molecule has 0 amide bonds. The van der Waals surface area contributed by atoms with E-state index in [0.29, 0.717) is 0 Å². The molecule has 1 fully saturated rings. The lowest BCUT2D eigenvalue weighted by molar-refractivity contribution is 0.209. The minimum atomic E-state index is 0.727. The van der Waals surface area contributed by atoms with Gasteiger partial charge in [0, 0.05) is 44.5 Å². The van der Waals surface area contributed by atoms with Gasteiger partial charge in [0.25, 0.3) is 0 Å². The summed E-state index contributed by atoms with van der Waals surface area (Å²) < 4.78 is 0. The van der Waals surface area contributed by atoms with Crippen LogP contribution in [0.25, 0.3) is 0 Å². The molecule has 106 valence electrons. The van der Waals surface area contributed by atoms with Gasteiger partial charge >= 0.3 is 0 Å². The minimum absolute atomic E-state index is 0.727. The van der Waals surface area contributed by atoms with E-state index in [9.17, 15) is 0 Å². The second-order valence-corrected chi connectivity index (χ2v) is 5.16. The summed E-state index contributed by atoms with van der Waals surface area (Å²) in [6, 6.07) is 4.92. The number of nitrogens with zero attached hydrogens (tertiary/aromatic N) is 3. The molecule has 1 aromatic rings. The zero-order chi connectivity index (χ0) is 13.7. The summed E-state index contributed by atoms with van der Waals surface area (Å²) in [5, 5.41) is 3.18. The Hall–Kier alpha value is -1.13. The molecule has 4 heteroatoms. The zero-order valence-electron chi connectivity index (χ0n) is 12.4. The van der Waals surface area contributed by atoms with E-state index in [1.165, 1.54) is 25.1 Å². The predicted molar refractivity (Wildman–Crippen MR) is 80.4 cm³/mol. The Kier molecular flexibility index (Phi) is 5.16. The highest BCUT2D eigenvalue weighted by atomic mass is 15.2. The molecule has 1 saturated heterocycles. The smallest absolute Gasteiger partial charge is 0.130 e. The number of pyridine rings is 1. The van der Waals surface area contributed by atoms with Crippen LogP contribution in [-0.2, 0) is 6.54 Å². The van der Waals surface area contributed by atoms with Gasteiger partial charge < -0.3 is 5.32 Å². The van der Waals surface area contributed by atoms with Crippen molar-refractivity contribution in [1.82, 2.24) is 14.8 Å². The van der Waals surface area contributed by atoms with E-state index in [4.69, 9.17) is 0 Å². The third-order valence-corrected chi connectivity index (χ3v) is 4.10. The van der Waals surface area contributed by atoms with Crippen LogP contribution in [0, 0.1) is 0 Å². The lowest BCUT2D eigenvalue weighted by Gasteiger charge is -2.26. The third-order valence-electron chi connectivity index (χ3n) is 4.10. The van der Waals surface area contributed by atoms with Crippen molar-refractivity contribution in [2.24, 2.45) is 0 Å². The first-order valence-electron chi connectivity index (χ1n) is 7.36. The lowest BCUT2D eigenvalue weighted by atomic mass is 10.2. The molecule has 0 bridgehead atoms. The van der Waals surface area contributed by atoms with Gasteiger partial charge in [-0.15, -0.1) is 0 Å². The van der Waals surface area contributed by atoms with E-state index >= 15 is 0 Å². The summed E-state index contributed by atoms with van der Waals surface area (Å²) in [5.74, 6) is 1.01. The highest BCUT2D eigenvalue weighted by Crippen LogP contribution is 2.20. The molecule has 2 heterocycles.